The monoisotopic (exact) mass is 270 g/mol. The number of nitrogens with zero attached hydrogens (tertiary/aromatic N) is 4. The summed E-state index contributed by atoms with van der Waals surface area (Å²) in [6.45, 7) is 0.592. The van der Waals surface area contributed by atoms with Crippen molar-refractivity contribution >= 4 is 11.7 Å². The lowest BCUT2D eigenvalue weighted by molar-refractivity contribution is 0.0697. The van der Waals surface area contributed by atoms with Crippen molar-refractivity contribution in [2.24, 2.45) is 7.05 Å². The first kappa shape index (κ1) is 13.6. The van der Waals surface area contributed by atoms with Gasteiger partial charge < -0.3 is 10.0 Å². The Morgan fingerprint density at radius 3 is 2.85 bits per heavy atom. The SMILES string of the molecule is CN(Cc1cnn(C)c1)c1ccc(C(=O)O)cc1C#N. The number of nitriles is 1. The standard InChI is InChI=1S/C14H14N4O2/c1-17(8-10-7-16-18(2)9-10)13-4-3-11(14(19)20)5-12(13)6-15/h3-5,7,9H,8H2,1-2H3,(H,19,20). The number of anilines is 1. The van der Waals surface area contributed by atoms with Crippen molar-refractivity contribution in [1.29, 1.82) is 5.26 Å². The van der Waals surface area contributed by atoms with Crippen molar-refractivity contribution in [3.8, 4) is 6.07 Å². The largest absolute Gasteiger partial charge is 0.478 e. The minimum Gasteiger partial charge on any atom is -0.478 e. The second-order valence-electron chi connectivity index (χ2n) is 4.53. The smallest absolute Gasteiger partial charge is 0.335 e. The molecule has 0 aliphatic rings. The lowest BCUT2D eigenvalue weighted by Gasteiger charge is -2.20. The number of aryl methyl sites for hydroxylation is 1. The third kappa shape index (κ3) is 2.78. The van der Waals surface area contributed by atoms with E-state index in [1.165, 1.54) is 12.1 Å². The van der Waals surface area contributed by atoms with Crippen LogP contribution in [0.2, 0.25) is 0 Å². The molecule has 0 saturated heterocycles. The average molecular weight is 270 g/mol. The van der Waals surface area contributed by atoms with Crippen LogP contribution in [0.15, 0.2) is 30.6 Å². The Morgan fingerprint density at radius 2 is 2.30 bits per heavy atom. The van der Waals surface area contributed by atoms with Gasteiger partial charge in [0.15, 0.2) is 0 Å². The van der Waals surface area contributed by atoms with Gasteiger partial charge in [0, 0.05) is 32.4 Å². The van der Waals surface area contributed by atoms with Gasteiger partial charge in [-0.2, -0.15) is 10.4 Å². The maximum absolute atomic E-state index is 10.9. The van der Waals surface area contributed by atoms with Crippen LogP contribution >= 0.6 is 0 Å². The van der Waals surface area contributed by atoms with Crippen molar-refractivity contribution in [1.82, 2.24) is 9.78 Å². The molecule has 0 atom stereocenters. The van der Waals surface area contributed by atoms with E-state index in [9.17, 15) is 4.79 Å². The zero-order valence-corrected chi connectivity index (χ0v) is 11.2. The molecule has 20 heavy (non-hydrogen) atoms. The fourth-order valence-corrected chi connectivity index (χ4v) is 2.00. The normalized spacial score (nSPS) is 10.1. The molecule has 0 unspecified atom stereocenters. The fourth-order valence-electron chi connectivity index (χ4n) is 2.00. The molecule has 0 aliphatic heterocycles. The van der Waals surface area contributed by atoms with Gasteiger partial charge >= 0.3 is 5.97 Å². The van der Waals surface area contributed by atoms with Crippen LogP contribution in [0.4, 0.5) is 5.69 Å². The first-order valence-electron chi connectivity index (χ1n) is 5.97. The predicted octanol–water partition coefficient (Wildman–Crippen LogP) is 1.63. The minimum atomic E-state index is -1.04. The summed E-state index contributed by atoms with van der Waals surface area (Å²) in [7, 11) is 3.69. The van der Waals surface area contributed by atoms with Crippen molar-refractivity contribution in [3.05, 3.63) is 47.3 Å². The van der Waals surface area contributed by atoms with E-state index in [2.05, 4.69) is 5.10 Å². The first-order chi connectivity index (χ1) is 9.51. The van der Waals surface area contributed by atoms with Crippen LogP contribution in [-0.2, 0) is 13.6 Å². The van der Waals surface area contributed by atoms with Gasteiger partial charge in [-0.25, -0.2) is 4.79 Å². The molecule has 1 aromatic carbocycles. The summed E-state index contributed by atoms with van der Waals surface area (Å²) in [6, 6.07) is 6.57. The molecule has 0 saturated carbocycles. The lowest BCUT2D eigenvalue weighted by Crippen LogP contribution is -2.17. The third-order valence-electron chi connectivity index (χ3n) is 2.95. The number of hydrogen-bond acceptors (Lipinski definition) is 4. The number of carboxylic acids is 1. The highest BCUT2D eigenvalue weighted by atomic mass is 16.4. The average Bonchev–Trinajstić information content (AvgIpc) is 2.83. The molecule has 2 aromatic rings. The molecule has 0 amide bonds. The van der Waals surface area contributed by atoms with Crippen molar-refractivity contribution in [3.63, 3.8) is 0 Å². The first-order valence-corrected chi connectivity index (χ1v) is 5.97. The number of rotatable bonds is 4. The van der Waals surface area contributed by atoms with Gasteiger partial charge in [0.25, 0.3) is 0 Å². The Kier molecular flexibility index (Phi) is 3.71. The number of hydrogen-bond donors (Lipinski definition) is 1. The predicted molar refractivity (Wildman–Crippen MR) is 73.4 cm³/mol. The molecular formula is C14H14N4O2. The van der Waals surface area contributed by atoms with Gasteiger partial charge in [-0.15, -0.1) is 0 Å². The summed E-state index contributed by atoms with van der Waals surface area (Å²) < 4.78 is 1.71. The molecule has 0 fully saturated rings. The Labute approximate surface area is 116 Å². The zero-order chi connectivity index (χ0) is 14.7. The van der Waals surface area contributed by atoms with Crippen molar-refractivity contribution < 1.29 is 9.90 Å². The highest BCUT2D eigenvalue weighted by molar-refractivity contribution is 5.89. The second-order valence-corrected chi connectivity index (χ2v) is 4.53. The van der Waals surface area contributed by atoms with E-state index < -0.39 is 5.97 Å². The van der Waals surface area contributed by atoms with Crippen LogP contribution in [-0.4, -0.2) is 27.9 Å². The summed E-state index contributed by atoms with van der Waals surface area (Å²) in [4.78, 5) is 12.8. The van der Waals surface area contributed by atoms with Gasteiger partial charge in [-0.05, 0) is 18.2 Å². The van der Waals surface area contributed by atoms with Crippen LogP contribution in [0.3, 0.4) is 0 Å². The maximum atomic E-state index is 10.9. The van der Waals surface area contributed by atoms with Gasteiger partial charge in [-0.3, -0.25) is 4.68 Å². The summed E-state index contributed by atoms with van der Waals surface area (Å²) in [5.74, 6) is -1.04. The quantitative estimate of drug-likeness (QED) is 0.913. The Balaban J connectivity index is 2.27. The Morgan fingerprint density at radius 1 is 1.55 bits per heavy atom. The van der Waals surface area contributed by atoms with E-state index in [4.69, 9.17) is 10.4 Å². The molecule has 0 aliphatic carbocycles. The number of carboxylic acid groups (broad SMARTS) is 1. The maximum Gasteiger partial charge on any atom is 0.335 e. The van der Waals surface area contributed by atoms with Gasteiger partial charge in [0.2, 0.25) is 0 Å². The molecule has 6 heteroatoms. The molecule has 6 nitrogen and oxygen atoms in total. The van der Waals surface area contributed by atoms with Crippen LogP contribution in [0.5, 0.6) is 0 Å². The van der Waals surface area contributed by atoms with Crippen molar-refractivity contribution in [2.45, 2.75) is 6.54 Å². The molecule has 1 N–H and O–H groups in total. The van der Waals surface area contributed by atoms with Crippen LogP contribution in [0.25, 0.3) is 0 Å². The molecule has 0 radical (unpaired) electrons. The second kappa shape index (κ2) is 5.45. The van der Waals surface area contributed by atoms with Crippen molar-refractivity contribution in [2.75, 3.05) is 11.9 Å². The molecule has 0 bridgehead atoms. The number of aromatic nitrogens is 2. The fraction of sp³-hybridized carbons (Fsp3) is 0.214. The number of aromatic carboxylic acids is 1. The summed E-state index contributed by atoms with van der Waals surface area (Å²) in [5, 5.41) is 22.2. The molecule has 2 rings (SSSR count). The van der Waals surface area contributed by atoms with E-state index >= 15 is 0 Å². The summed E-state index contributed by atoms with van der Waals surface area (Å²) in [5.41, 5.74) is 2.17. The molecule has 1 aromatic heterocycles. The van der Waals surface area contributed by atoms with Crippen LogP contribution in [0.1, 0.15) is 21.5 Å². The Hall–Kier alpha value is -2.81. The highest BCUT2D eigenvalue weighted by Crippen LogP contribution is 2.22. The van der Waals surface area contributed by atoms with E-state index in [0.717, 1.165) is 5.56 Å². The number of carbonyl (C=O) groups is 1. The zero-order valence-electron chi connectivity index (χ0n) is 11.2. The number of benzene rings is 1. The van der Waals surface area contributed by atoms with E-state index in [0.29, 0.717) is 17.8 Å². The van der Waals surface area contributed by atoms with Crippen LogP contribution < -0.4 is 4.90 Å². The van der Waals surface area contributed by atoms with Crippen LogP contribution in [0, 0.1) is 11.3 Å². The van der Waals surface area contributed by atoms with E-state index in [1.54, 1.807) is 16.9 Å². The van der Waals surface area contributed by atoms with Gasteiger partial charge in [0.1, 0.15) is 6.07 Å². The molecule has 102 valence electrons. The lowest BCUT2D eigenvalue weighted by atomic mass is 10.1. The van der Waals surface area contributed by atoms with E-state index in [1.807, 2.05) is 31.3 Å². The summed E-state index contributed by atoms with van der Waals surface area (Å²) >= 11 is 0. The van der Waals surface area contributed by atoms with E-state index in [-0.39, 0.29) is 5.56 Å². The Bertz CT molecular complexity index is 685. The third-order valence-corrected chi connectivity index (χ3v) is 2.95. The van der Waals surface area contributed by atoms with Gasteiger partial charge in [-0.1, -0.05) is 0 Å². The molecule has 1 heterocycles. The highest BCUT2D eigenvalue weighted by Gasteiger charge is 2.12. The molecular weight excluding hydrogens is 256 g/mol. The van der Waals surface area contributed by atoms with Gasteiger partial charge in [0.05, 0.1) is 23.0 Å². The summed E-state index contributed by atoms with van der Waals surface area (Å²) in [6.07, 6.45) is 3.66. The topological polar surface area (TPSA) is 82.2 Å². The minimum absolute atomic E-state index is 0.111. The molecule has 0 spiro atoms.